The summed E-state index contributed by atoms with van der Waals surface area (Å²) in [5.74, 6) is 0. The van der Waals surface area contributed by atoms with Crippen LogP contribution in [0, 0.1) is 11.3 Å². The fourth-order valence-corrected chi connectivity index (χ4v) is 2.38. The molecule has 2 N–H and O–H groups in total. The zero-order chi connectivity index (χ0) is 11.1. The number of unbranched alkanes of at least 4 members (excludes halogenated alkanes) is 1. The summed E-state index contributed by atoms with van der Waals surface area (Å²) < 4.78 is 1.69. The lowest BCUT2D eigenvalue weighted by molar-refractivity contribution is 0.236. The molecule has 4 nitrogen and oxygen atoms in total. The fraction of sp³-hybridized carbons (Fsp3) is 0.889. The van der Waals surface area contributed by atoms with Gasteiger partial charge in [-0.2, -0.15) is 5.26 Å². The Morgan fingerprint density at radius 1 is 1.36 bits per heavy atom. The molecular weight excluding hydrogens is 199 g/mol. The second-order valence-electron chi connectivity index (χ2n) is 3.64. The van der Waals surface area contributed by atoms with Gasteiger partial charge in [0.15, 0.2) is 0 Å². The first kappa shape index (κ1) is 13.8. The summed E-state index contributed by atoms with van der Waals surface area (Å²) in [6, 6.07) is 2.32. The molecule has 0 spiro atoms. The Hall–Kier alpha value is -0.200. The second kappa shape index (κ2) is 7.14. The van der Waals surface area contributed by atoms with E-state index in [-0.39, 0.29) is 12.1 Å². The van der Waals surface area contributed by atoms with Crippen LogP contribution in [-0.4, -0.2) is 26.5 Å². The van der Waals surface area contributed by atoms with Crippen LogP contribution in [0.2, 0.25) is 0 Å². The SMILES string of the molecule is CC(C)N(C(C)CCCC#N)P(O)O. The number of rotatable bonds is 6. The summed E-state index contributed by atoms with van der Waals surface area (Å²) in [5, 5.41) is 8.38. The van der Waals surface area contributed by atoms with Gasteiger partial charge in [0.25, 0.3) is 8.53 Å². The van der Waals surface area contributed by atoms with Crippen LogP contribution in [0.1, 0.15) is 40.0 Å². The van der Waals surface area contributed by atoms with Gasteiger partial charge in [0.05, 0.1) is 6.07 Å². The molecule has 0 aromatic carbocycles. The first-order valence-corrected chi connectivity index (χ1v) is 6.03. The highest BCUT2D eigenvalue weighted by Crippen LogP contribution is 2.35. The van der Waals surface area contributed by atoms with Crippen molar-refractivity contribution >= 4 is 8.53 Å². The summed E-state index contributed by atoms with van der Waals surface area (Å²) in [6.07, 6.45) is 2.17. The van der Waals surface area contributed by atoms with Crippen molar-refractivity contribution < 1.29 is 9.79 Å². The predicted octanol–water partition coefficient (Wildman–Crippen LogP) is 1.99. The fourth-order valence-electron chi connectivity index (χ4n) is 1.50. The largest absolute Gasteiger partial charge is 0.338 e. The molecule has 0 amide bonds. The van der Waals surface area contributed by atoms with Gasteiger partial charge in [0, 0.05) is 18.5 Å². The van der Waals surface area contributed by atoms with Crippen molar-refractivity contribution in [1.29, 1.82) is 5.26 Å². The number of nitrogens with zero attached hydrogens (tertiary/aromatic N) is 2. The molecule has 0 fully saturated rings. The van der Waals surface area contributed by atoms with Gasteiger partial charge >= 0.3 is 0 Å². The lowest BCUT2D eigenvalue weighted by Gasteiger charge is -2.32. The minimum absolute atomic E-state index is 0.115. The van der Waals surface area contributed by atoms with E-state index in [0.29, 0.717) is 6.42 Å². The molecule has 1 atom stereocenters. The van der Waals surface area contributed by atoms with E-state index in [4.69, 9.17) is 5.26 Å². The zero-order valence-corrected chi connectivity index (χ0v) is 9.91. The van der Waals surface area contributed by atoms with Gasteiger partial charge in [-0.05, 0) is 33.6 Å². The molecule has 0 bridgehead atoms. The van der Waals surface area contributed by atoms with Crippen molar-refractivity contribution in [3.63, 3.8) is 0 Å². The Kier molecular flexibility index (Phi) is 7.04. The Labute approximate surface area is 87.1 Å². The molecule has 0 rings (SSSR count). The van der Waals surface area contributed by atoms with E-state index < -0.39 is 8.53 Å². The van der Waals surface area contributed by atoms with E-state index in [9.17, 15) is 9.79 Å². The van der Waals surface area contributed by atoms with Crippen molar-refractivity contribution in [1.82, 2.24) is 4.67 Å². The van der Waals surface area contributed by atoms with Gasteiger partial charge in [-0.25, -0.2) is 4.67 Å². The number of nitriles is 1. The minimum Gasteiger partial charge on any atom is -0.338 e. The highest BCUT2D eigenvalue weighted by molar-refractivity contribution is 7.42. The molecule has 0 aromatic heterocycles. The van der Waals surface area contributed by atoms with Crippen LogP contribution in [0.3, 0.4) is 0 Å². The molecule has 0 aliphatic rings. The Morgan fingerprint density at radius 3 is 2.29 bits per heavy atom. The normalized spacial score (nSPS) is 13.6. The van der Waals surface area contributed by atoms with Crippen molar-refractivity contribution in [3.8, 4) is 6.07 Å². The number of hydrogen-bond acceptors (Lipinski definition) is 4. The maximum Gasteiger partial charge on any atom is 0.253 e. The van der Waals surface area contributed by atoms with E-state index in [2.05, 4.69) is 6.07 Å². The maximum atomic E-state index is 9.19. The molecule has 1 unspecified atom stereocenters. The molecule has 0 saturated carbocycles. The molecular formula is C9H19N2O2P. The molecule has 0 aliphatic heterocycles. The standard InChI is InChI=1S/C9H19N2O2P/c1-8(2)11(14(12)13)9(3)6-4-5-7-10/h8-9,12-13H,4-6H2,1-3H3. The number of hydrogen-bond donors (Lipinski definition) is 2. The molecule has 0 saturated heterocycles. The van der Waals surface area contributed by atoms with Crippen LogP contribution in [0.15, 0.2) is 0 Å². The smallest absolute Gasteiger partial charge is 0.253 e. The Bertz CT molecular complexity index is 184. The summed E-state index contributed by atoms with van der Waals surface area (Å²) in [6.45, 7) is 5.82. The predicted molar refractivity (Wildman–Crippen MR) is 57.3 cm³/mol. The third-order valence-corrected chi connectivity index (χ3v) is 3.37. The van der Waals surface area contributed by atoms with Crippen molar-refractivity contribution in [3.05, 3.63) is 0 Å². The molecule has 0 aliphatic carbocycles. The molecule has 0 heterocycles. The average molecular weight is 218 g/mol. The highest BCUT2D eigenvalue weighted by Gasteiger charge is 2.23. The summed E-state index contributed by atoms with van der Waals surface area (Å²) in [7, 11) is -2.01. The van der Waals surface area contributed by atoms with Gasteiger partial charge in [-0.15, -0.1) is 0 Å². The van der Waals surface area contributed by atoms with Gasteiger partial charge in [-0.1, -0.05) is 0 Å². The van der Waals surface area contributed by atoms with Crippen molar-refractivity contribution in [2.75, 3.05) is 0 Å². The topological polar surface area (TPSA) is 67.5 Å². The van der Waals surface area contributed by atoms with E-state index >= 15 is 0 Å². The van der Waals surface area contributed by atoms with Gasteiger partial charge in [-0.3, -0.25) is 0 Å². The third kappa shape index (κ3) is 4.88. The second-order valence-corrected chi connectivity index (χ2v) is 4.64. The Balaban J connectivity index is 4.03. The van der Waals surface area contributed by atoms with Crippen LogP contribution in [0.5, 0.6) is 0 Å². The van der Waals surface area contributed by atoms with Crippen LogP contribution in [0.4, 0.5) is 0 Å². The van der Waals surface area contributed by atoms with Crippen LogP contribution < -0.4 is 0 Å². The van der Waals surface area contributed by atoms with E-state index in [0.717, 1.165) is 12.8 Å². The van der Waals surface area contributed by atoms with Gasteiger partial charge in [0.2, 0.25) is 0 Å². The molecule has 82 valence electrons. The zero-order valence-electron chi connectivity index (χ0n) is 9.01. The third-order valence-electron chi connectivity index (χ3n) is 2.10. The summed E-state index contributed by atoms with van der Waals surface area (Å²) in [5.41, 5.74) is 0. The Morgan fingerprint density at radius 2 is 1.93 bits per heavy atom. The van der Waals surface area contributed by atoms with Gasteiger partial charge < -0.3 is 9.79 Å². The summed E-state index contributed by atoms with van der Waals surface area (Å²) in [4.78, 5) is 18.4. The lowest BCUT2D eigenvalue weighted by atomic mass is 10.1. The average Bonchev–Trinajstić information content (AvgIpc) is 2.03. The highest BCUT2D eigenvalue weighted by atomic mass is 31.2. The minimum atomic E-state index is -2.01. The molecule has 5 heteroatoms. The first-order valence-electron chi connectivity index (χ1n) is 4.83. The van der Waals surface area contributed by atoms with Crippen LogP contribution in [-0.2, 0) is 0 Å². The molecule has 0 aromatic rings. The van der Waals surface area contributed by atoms with E-state index in [1.54, 1.807) is 4.67 Å². The van der Waals surface area contributed by atoms with Gasteiger partial charge in [0.1, 0.15) is 0 Å². The monoisotopic (exact) mass is 218 g/mol. The van der Waals surface area contributed by atoms with E-state index in [1.165, 1.54) is 0 Å². The van der Waals surface area contributed by atoms with Crippen molar-refractivity contribution in [2.24, 2.45) is 0 Å². The van der Waals surface area contributed by atoms with Crippen LogP contribution >= 0.6 is 8.53 Å². The maximum absolute atomic E-state index is 9.19. The molecule has 14 heavy (non-hydrogen) atoms. The van der Waals surface area contributed by atoms with Crippen molar-refractivity contribution in [2.45, 2.75) is 52.1 Å². The van der Waals surface area contributed by atoms with E-state index in [1.807, 2.05) is 20.8 Å². The molecule has 0 radical (unpaired) electrons. The summed E-state index contributed by atoms with van der Waals surface area (Å²) >= 11 is 0. The van der Waals surface area contributed by atoms with Crippen LogP contribution in [0.25, 0.3) is 0 Å². The quantitative estimate of drug-likeness (QED) is 0.528. The lowest BCUT2D eigenvalue weighted by Crippen LogP contribution is -2.34. The first-order chi connectivity index (χ1) is 6.50.